The molecule has 1 aromatic rings. The van der Waals surface area contributed by atoms with Gasteiger partial charge in [-0.05, 0) is 37.9 Å². The summed E-state index contributed by atoms with van der Waals surface area (Å²) in [5.41, 5.74) is 0.910. The molecule has 0 bridgehead atoms. The SMILES string of the molecule is CN(C(=O)CC1CCCN1)C1CCN(c2ccccc2)C1=O. The lowest BCUT2D eigenvalue weighted by Gasteiger charge is -2.25. The van der Waals surface area contributed by atoms with Gasteiger partial charge in [-0.3, -0.25) is 9.59 Å². The molecule has 1 aromatic carbocycles. The predicted molar refractivity (Wildman–Crippen MR) is 85.6 cm³/mol. The van der Waals surface area contributed by atoms with Crippen LogP contribution in [0.5, 0.6) is 0 Å². The van der Waals surface area contributed by atoms with E-state index in [1.54, 1.807) is 16.8 Å². The fraction of sp³-hybridized carbons (Fsp3) is 0.529. The maximum absolute atomic E-state index is 12.6. The maximum atomic E-state index is 12.6. The van der Waals surface area contributed by atoms with Crippen molar-refractivity contribution in [1.82, 2.24) is 10.2 Å². The Hall–Kier alpha value is -1.88. The Kier molecular flexibility index (Phi) is 4.43. The van der Waals surface area contributed by atoms with Crippen LogP contribution in [0.1, 0.15) is 25.7 Å². The average molecular weight is 301 g/mol. The largest absolute Gasteiger partial charge is 0.334 e. The van der Waals surface area contributed by atoms with Gasteiger partial charge in [0.1, 0.15) is 6.04 Å². The van der Waals surface area contributed by atoms with Crippen molar-refractivity contribution < 1.29 is 9.59 Å². The summed E-state index contributed by atoms with van der Waals surface area (Å²) in [7, 11) is 1.76. The van der Waals surface area contributed by atoms with Crippen molar-refractivity contribution in [3.05, 3.63) is 30.3 Å². The van der Waals surface area contributed by atoms with E-state index in [4.69, 9.17) is 0 Å². The van der Waals surface area contributed by atoms with Gasteiger partial charge in [-0.25, -0.2) is 0 Å². The van der Waals surface area contributed by atoms with Crippen LogP contribution in [0.3, 0.4) is 0 Å². The summed E-state index contributed by atoms with van der Waals surface area (Å²) in [4.78, 5) is 28.4. The van der Waals surface area contributed by atoms with Gasteiger partial charge in [-0.1, -0.05) is 18.2 Å². The molecule has 2 fully saturated rings. The van der Waals surface area contributed by atoms with Crippen LogP contribution < -0.4 is 10.2 Å². The average Bonchev–Trinajstić information content (AvgIpc) is 3.17. The first kappa shape index (κ1) is 15.0. The highest BCUT2D eigenvalue weighted by molar-refractivity contribution is 6.01. The number of amides is 2. The minimum atomic E-state index is -0.325. The van der Waals surface area contributed by atoms with E-state index in [0.29, 0.717) is 19.4 Å². The van der Waals surface area contributed by atoms with Gasteiger partial charge >= 0.3 is 0 Å². The zero-order valence-electron chi connectivity index (χ0n) is 13.0. The standard InChI is InChI=1S/C17H23N3O2/c1-19(16(21)12-13-6-5-10-18-13)15-9-11-20(17(15)22)14-7-3-2-4-8-14/h2-4,7-8,13,15,18H,5-6,9-12H2,1H3. The monoisotopic (exact) mass is 301 g/mol. The van der Waals surface area contributed by atoms with Crippen molar-refractivity contribution in [2.45, 2.75) is 37.8 Å². The molecule has 0 radical (unpaired) electrons. The van der Waals surface area contributed by atoms with Gasteiger partial charge in [0.15, 0.2) is 0 Å². The van der Waals surface area contributed by atoms with Crippen LogP contribution >= 0.6 is 0 Å². The number of nitrogens with one attached hydrogen (secondary N) is 1. The van der Waals surface area contributed by atoms with E-state index in [1.807, 2.05) is 30.3 Å². The van der Waals surface area contributed by atoms with E-state index >= 15 is 0 Å². The Morgan fingerprint density at radius 2 is 2.09 bits per heavy atom. The molecule has 2 saturated heterocycles. The molecule has 0 aliphatic carbocycles. The number of hydrogen-bond acceptors (Lipinski definition) is 3. The normalized spacial score (nSPS) is 24.8. The molecule has 2 aliphatic rings. The first-order valence-electron chi connectivity index (χ1n) is 8.02. The van der Waals surface area contributed by atoms with E-state index in [0.717, 1.165) is 25.1 Å². The van der Waals surface area contributed by atoms with Gasteiger partial charge in [-0.2, -0.15) is 0 Å². The van der Waals surface area contributed by atoms with Crippen LogP contribution in [0.15, 0.2) is 30.3 Å². The van der Waals surface area contributed by atoms with Crippen LogP contribution in [0, 0.1) is 0 Å². The molecule has 2 atom stereocenters. The first-order valence-corrected chi connectivity index (χ1v) is 8.02. The van der Waals surface area contributed by atoms with Gasteiger partial charge in [0.05, 0.1) is 0 Å². The number of anilines is 1. The molecule has 22 heavy (non-hydrogen) atoms. The van der Waals surface area contributed by atoms with Gasteiger partial charge in [0.2, 0.25) is 11.8 Å². The number of benzene rings is 1. The maximum Gasteiger partial charge on any atom is 0.249 e. The number of carbonyl (C=O) groups is 2. The molecule has 5 nitrogen and oxygen atoms in total. The number of para-hydroxylation sites is 1. The minimum absolute atomic E-state index is 0.0291. The number of hydrogen-bond donors (Lipinski definition) is 1. The van der Waals surface area contributed by atoms with E-state index in [9.17, 15) is 9.59 Å². The molecule has 2 heterocycles. The Morgan fingerprint density at radius 1 is 1.32 bits per heavy atom. The van der Waals surface area contributed by atoms with Gasteiger partial charge < -0.3 is 15.1 Å². The van der Waals surface area contributed by atoms with Crippen molar-refractivity contribution in [3.63, 3.8) is 0 Å². The second kappa shape index (κ2) is 6.48. The van der Waals surface area contributed by atoms with E-state index in [1.165, 1.54) is 0 Å². The lowest BCUT2D eigenvalue weighted by molar-refractivity contribution is -0.137. The Balaban J connectivity index is 1.62. The number of nitrogens with zero attached hydrogens (tertiary/aromatic N) is 2. The molecule has 3 rings (SSSR count). The van der Waals surface area contributed by atoms with Crippen LogP contribution in [0.4, 0.5) is 5.69 Å². The summed E-state index contributed by atoms with van der Waals surface area (Å²) in [5.74, 6) is 0.0918. The van der Waals surface area contributed by atoms with Crippen LogP contribution in [0.2, 0.25) is 0 Å². The summed E-state index contributed by atoms with van der Waals surface area (Å²) in [5, 5.41) is 3.34. The number of likely N-dealkylation sites (N-methyl/N-ethyl adjacent to an activating group) is 1. The number of carbonyl (C=O) groups excluding carboxylic acids is 2. The van der Waals surface area contributed by atoms with Gasteiger partial charge in [0, 0.05) is 31.7 Å². The minimum Gasteiger partial charge on any atom is -0.334 e. The summed E-state index contributed by atoms with van der Waals surface area (Å²) >= 11 is 0. The lowest BCUT2D eigenvalue weighted by Crippen LogP contribution is -2.44. The molecule has 0 aromatic heterocycles. The van der Waals surface area contributed by atoms with E-state index in [-0.39, 0.29) is 23.9 Å². The Labute approximate surface area is 131 Å². The van der Waals surface area contributed by atoms with Gasteiger partial charge in [0.25, 0.3) is 0 Å². The molecular weight excluding hydrogens is 278 g/mol. The quantitative estimate of drug-likeness (QED) is 0.914. The van der Waals surface area contributed by atoms with Crippen molar-refractivity contribution in [2.24, 2.45) is 0 Å². The summed E-state index contributed by atoms with van der Waals surface area (Å²) in [6.45, 7) is 1.67. The lowest BCUT2D eigenvalue weighted by atomic mass is 10.1. The summed E-state index contributed by atoms with van der Waals surface area (Å²) in [6, 6.07) is 9.61. The predicted octanol–water partition coefficient (Wildman–Crippen LogP) is 1.39. The highest BCUT2D eigenvalue weighted by Crippen LogP contribution is 2.24. The van der Waals surface area contributed by atoms with Crippen molar-refractivity contribution >= 4 is 17.5 Å². The molecule has 2 amide bonds. The number of rotatable bonds is 4. The van der Waals surface area contributed by atoms with E-state index < -0.39 is 0 Å². The second-order valence-corrected chi connectivity index (χ2v) is 6.13. The van der Waals surface area contributed by atoms with Crippen molar-refractivity contribution in [3.8, 4) is 0 Å². The van der Waals surface area contributed by atoms with Crippen LogP contribution in [-0.4, -0.2) is 48.9 Å². The summed E-state index contributed by atoms with van der Waals surface area (Å²) < 4.78 is 0. The van der Waals surface area contributed by atoms with Crippen molar-refractivity contribution in [2.75, 3.05) is 25.0 Å². The van der Waals surface area contributed by atoms with Crippen LogP contribution in [0.25, 0.3) is 0 Å². The fourth-order valence-electron chi connectivity index (χ4n) is 3.35. The Morgan fingerprint density at radius 3 is 2.77 bits per heavy atom. The molecular formula is C17H23N3O2. The molecule has 2 aliphatic heterocycles. The third-order valence-electron chi connectivity index (χ3n) is 4.69. The molecule has 5 heteroatoms. The Bertz CT molecular complexity index is 540. The zero-order valence-corrected chi connectivity index (χ0v) is 13.0. The van der Waals surface area contributed by atoms with E-state index in [2.05, 4.69) is 5.32 Å². The van der Waals surface area contributed by atoms with Crippen LogP contribution in [-0.2, 0) is 9.59 Å². The molecule has 1 N–H and O–H groups in total. The fourth-order valence-corrected chi connectivity index (χ4v) is 3.35. The smallest absolute Gasteiger partial charge is 0.249 e. The highest BCUT2D eigenvalue weighted by atomic mass is 16.2. The molecule has 2 unspecified atom stereocenters. The third-order valence-corrected chi connectivity index (χ3v) is 4.69. The second-order valence-electron chi connectivity index (χ2n) is 6.13. The third kappa shape index (κ3) is 2.99. The molecule has 0 spiro atoms. The highest BCUT2D eigenvalue weighted by Gasteiger charge is 2.37. The molecule has 118 valence electrons. The summed E-state index contributed by atoms with van der Waals surface area (Å²) in [6.07, 6.45) is 3.37. The molecule has 0 saturated carbocycles. The first-order chi connectivity index (χ1) is 10.7. The topological polar surface area (TPSA) is 52.7 Å². The zero-order chi connectivity index (χ0) is 15.5. The van der Waals surface area contributed by atoms with Gasteiger partial charge in [-0.15, -0.1) is 0 Å². The van der Waals surface area contributed by atoms with Crippen molar-refractivity contribution in [1.29, 1.82) is 0 Å².